The summed E-state index contributed by atoms with van der Waals surface area (Å²) in [5.74, 6) is 0.847. The van der Waals surface area contributed by atoms with Gasteiger partial charge in [-0.2, -0.15) is 0 Å². The third kappa shape index (κ3) is 5.20. The van der Waals surface area contributed by atoms with Gasteiger partial charge in [0.2, 0.25) is 0 Å². The molecule has 0 saturated carbocycles. The molecule has 0 aliphatic rings. The van der Waals surface area contributed by atoms with Crippen molar-refractivity contribution < 1.29 is 9.47 Å². The van der Waals surface area contributed by atoms with Crippen molar-refractivity contribution in [1.29, 1.82) is 0 Å². The average molecular weight is 237 g/mol. The van der Waals surface area contributed by atoms with Gasteiger partial charge in [0, 0.05) is 11.6 Å². The van der Waals surface area contributed by atoms with Gasteiger partial charge in [0.25, 0.3) is 0 Å². The average Bonchev–Trinajstić information content (AvgIpc) is 2.23. The van der Waals surface area contributed by atoms with Gasteiger partial charge in [0.15, 0.2) is 0 Å². The Morgan fingerprint density at radius 2 is 1.82 bits per heavy atom. The predicted molar refractivity (Wildman–Crippen MR) is 70.2 cm³/mol. The maximum Gasteiger partial charge on any atom is 0.124 e. The van der Waals surface area contributed by atoms with Gasteiger partial charge in [-0.05, 0) is 33.8 Å². The van der Waals surface area contributed by atoms with Crippen molar-refractivity contribution in [1.82, 2.24) is 0 Å². The highest BCUT2D eigenvalue weighted by Gasteiger charge is 2.10. The van der Waals surface area contributed by atoms with Crippen LogP contribution in [0, 0.1) is 0 Å². The normalized spacial score (nSPS) is 13.5. The maximum atomic E-state index is 5.88. The molecule has 1 atom stereocenters. The Bertz CT molecular complexity index is 342. The summed E-state index contributed by atoms with van der Waals surface area (Å²) in [7, 11) is 0. The molecule has 1 rings (SSSR count). The summed E-state index contributed by atoms with van der Waals surface area (Å²) >= 11 is 0. The quantitative estimate of drug-likeness (QED) is 0.801. The van der Waals surface area contributed by atoms with E-state index >= 15 is 0 Å². The number of nitrogens with two attached hydrogens (primary N) is 1. The van der Waals surface area contributed by atoms with Gasteiger partial charge in [-0.25, -0.2) is 0 Å². The SMILES string of the molecule is C[C@@H](N)c1ccccc1OCCOC(C)(C)C. The van der Waals surface area contributed by atoms with Gasteiger partial charge in [-0.15, -0.1) is 0 Å². The summed E-state index contributed by atoms with van der Waals surface area (Å²) in [6.07, 6.45) is 0. The van der Waals surface area contributed by atoms with Gasteiger partial charge >= 0.3 is 0 Å². The van der Waals surface area contributed by atoms with E-state index in [0.29, 0.717) is 13.2 Å². The van der Waals surface area contributed by atoms with Crippen LogP contribution in [0.1, 0.15) is 39.3 Å². The van der Waals surface area contributed by atoms with Crippen molar-refractivity contribution >= 4 is 0 Å². The molecule has 0 saturated heterocycles. The third-order valence-corrected chi connectivity index (χ3v) is 2.29. The van der Waals surface area contributed by atoms with Crippen LogP contribution >= 0.6 is 0 Å². The largest absolute Gasteiger partial charge is 0.491 e. The Kier molecular flexibility index (Phi) is 4.97. The Morgan fingerprint density at radius 1 is 1.18 bits per heavy atom. The highest BCUT2D eigenvalue weighted by atomic mass is 16.5. The first kappa shape index (κ1) is 14.0. The Balaban J connectivity index is 2.47. The fraction of sp³-hybridized carbons (Fsp3) is 0.571. The van der Waals surface area contributed by atoms with Gasteiger partial charge < -0.3 is 15.2 Å². The summed E-state index contributed by atoms with van der Waals surface area (Å²) in [4.78, 5) is 0. The minimum atomic E-state index is -0.121. The van der Waals surface area contributed by atoms with E-state index in [2.05, 4.69) is 0 Å². The van der Waals surface area contributed by atoms with Crippen molar-refractivity contribution in [3.8, 4) is 5.75 Å². The van der Waals surface area contributed by atoms with Crippen LogP contribution < -0.4 is 10.5 Å². The molecule has 0 spiro atoms. The first-order chi connectivity index (χ1) is 7.90. The van der Waals surface area contributed by atoms with Crippen LogP contribution in [0.5, 0.6) is 5.75 Å². The molecule has 0 aliphatic carbocycles. The van der Waals surface area contributed by atoms with E-state index < -0.39 is 0 Å². The van der Waals surface area contributed by atoms with Gasteiger partial charge in [-0.3, -0.25) is 0 Å². The van der Waals surface area contributed by atoms with Crippen LogP contribution in [0.2, 0.25) is 0 Å². The molecule has 2 N–H and O–H groups in total. The predicted octanol–water partition coefficient (Wildman–Crippen LogP) is 2.90. The molecule has 0 aliphatic heterocycles. The molecular weight excluding hydrogens is 214 g/mol. The van der Waals surface area contributed by atoms with Crippen LogP contribution in [-0.2, 0) is 4.74 Å². The van der Waals surface area contributed by atoms with Crippen molar-refractivity contribution in [2.45, 2.75) is 39.3 Å². The number of para-hydroxylation sites is 1. The third-order valence-electron chi connectivity index (χ3n) is 2.29. The number of ether oxygens (including phenoxy) is 2. The van der Waals surface area contributed by atoms with E-state index in [-0.39, 0.29) is 11.6 Å². The first-order valence-electron chi connectivity index (χ1n) is 6.01. The molecule has 0 unspecified atom stereocenters. The lowest BCUT2D eigenvalue weighted by atomic mass is 10.1. The number of hydrogen-bond acceptors (Lipinski definition) is 3. The van der Waals surface area contributed by atoms with Crippen LogP contribution in [0.4, 0.5) is 0 Å². The number of hydrogen-bond donors (Lipinski definition) is 1. The van der Waals surface area contributed by atoms with Gasteiger partial charge in [0.05, 0.1) is 12.2 Å². The lowest BCUT2D eigenvalue weighted by Crippen LogP contribution is -2.22. The second-order valence-corrected chi connectivity index (χ2v) is 5.14. The Morgan fingerprint density at radius 3 is 2.41 bits per heavy atom. The smallest absolute Gasteiger partial charge is 0.124 e. The summed E-state index contributed by atoms with van der Waals surface area (Å²) in [5.41, 5.74) is 6.79. The molecule has 0 radical (unpaired) electrons. The molecule has 0 heterocycles. The molecule has 3 heteroatoms. The maximum absolute atomic E-state index is 5.88. The monoisotopic (exact) mass is 237 g/mol. The van der Waals surface area contributed by atoms with Crippen molar-refractivity contribution in [3.05, 3.63) is 29.8 Å². The molecule has 3 nitrogen and oxygen atoms in total. The summed E-state index contributed by atoms with van der Waals surface area (Å²) < 4.78 is 11.3. The summed E-state index contributed by atoms with van der Waals surface area (Å²) in [5, 5.41) is 0. The second-order valence-electron chi connectivity index (χ2n) is 5.14. The topological polar surface area (TPSA) is 44.5 Å². The molecule has 17 heavy (non-hydrogen) atoms. The Hall–Kier alpha value is -1.06. The molecule has 1 aromatic rings. The molecule has 0 aromatic heterocycles. The van der Waals surface area contributed by atoms with Crippen molar-refractivity contribution in [3.63, 3.8) is 0 Å². The first-order valence-corrected chi connectivity index (χ1v) is 6.01. The van der Waals surface area contributed by atoms with E-state index in [9.17, 15) is 0 Å². The van der Waals surface area contributed by atoms with Crippen LogP contribution in [0.15, 0.2) is 24.3 Å². The summed E-state index contributed by atoms with van der Waals surface area (Å²) in [6.45, 7) is 9.17. The number of benzene rings is 1. The molecule has 1 aromatic carbocycles. The van der Waals surface area contributed by atoms with Crippen molar-refractivity contribution in [2.24, 2.45) is 5.73 Å². The fourth-order valence-electron chi connectivity index (χ4n) is 1.49. The second kappa shape index (κ2) is 6.03. The lowest BCUT2D eigenvalue weighted by Gasteiger charge is -2.20. The standard InChI is InChI=1S/C14H23NO2/c1-11(15)12-7-5-6-8-13(12)16-9-10-17-14(2,3)4/h5-8,11H,9-10,15H2,1-4H3/t11-/m1/s1. The van der Waals surface area contributed by atoms with Gasteiger partial charge in [0.1, 0.15) is 12.4 Å². The van der Waals surface area contributed by atoms with E-state index in [4.69, 9.17) is 15.2 Å². The van der Waals surface area contributed by atoms with E-state index in [1.807, 2.05) is 52.0 Å². The van der Waals surface area contributed by atoms with E-state index in [1.54, 1.807) is 0 Å². The van der Waals surface area contributed by atoms with Gasteiger partial charge in [-0.1, -0.05) is 18.2 Å². The number of rotatable bonds is 5. The van der Waals surface area contributed by atoms with Crippen LogP contribution in [0.25, 0.3) is 0 Å². The molecule has 0 bridgehead atoms. The zero-order valence-electron chi connectivity index (χ0n) is 11.2. The minimum Gasteiger partial charge on any atom is -0.491 e. The Labute approximate surface area is 104 Å². The van der Waals surface area contributed by atoms with E-state index in [1.165, 1.54) is 0 Å². The minimum absolute atomic E-state index is 0.0188. The fourth-order valence-corrected chi connectivity index (χ4v) is 1.49. The molecular formula is C14H23NO2. The molecule has 0 fully saturated rings. The summed E-state index contributed by atoms with van der Waals surface area (Å²) in [6, 6.07) is 7.83. The molecule has 96 valence electrons. The zero-order valence-corrected chi connectivity index (χ0v) is 11.2. The zero-order chi connectivity index (χ0) is 12.9. The highest BCUT2D eigenvalue weighted by molar-refractivity contribution is 5.35. The highest BCUT2D eigenvalue weighted by Crippen LogP contribution is 2.23. The van der Waals surface area contributed by atoms with Crippen LogP contribution in [-0.4, -0.2) is 18.8 Å². The van der Waals surface area contributed by atoms with Crippen molar-refractivity contribution in [2.75, 3.05) is 13.2 Å². The van der Waals surface area contributed by atoms with Crippen LogP contribution in [0.3, 0.4) is 0 Å². The lowest BCUT2D eigenvalue weighted by molar-refractivity contribution is -0.0164. The molecule has 0 amide bonds. The van der Waals surface area contributed by atoms with E-state index in [0.717, 1.165) is 11.3 Å².